The standard InChI is InChI=1S/C20H19N3O3/c24-17(9-12-5-6-12)19-14-11-23(8-7-18(14)26-22-19)20(25)16-10-13-3-1-2-4-15(13)21-16/h1-4,10,12,21H,5-9,11H2. The van der Waals surface area contributed by atoms with Crippen molar-refractivity contribution in [3.05, 3.63) is 53.0 Å². The van der Waals surface area contributed by atoms with Crippen molar-refractivity contribution in [2.75, 3.05) is 6.54 Å². The zero-order chi connectivity index (χ0) is 17.7. The Bertz CT molecular complexity index is 979. The van der Waals surface area contributed by atoms with Crippen molar-refractivity contribution in [1.82, 2.24) is 15.0 Å². The lowest BCUT2D eigenvalue weighted by atomic mass is 10.0. The van der Waals surface area contributed by atoms with Gasteiger partial charge >= 0.3 is 0 Å². The van der Waals surface area contributed by atoms with E-state index in [0.717, 1.165) is 35.1 Å². The molecule has 26 heavy (non-hydrogen) atoms. The minimum atomic E-state index is -0.0614. The first-order chi connectivity index (χ1) is 12.7. The molecule has 1 aliphatic carbocycles. The van der Waals surface area contributed by atoms with E-state index in [1.165, 1.54) is 0 Å². The van der Waals surface area contributed by atoms with Crippen molar-refractivity contribution < 1.29 is 14.1 Å². The molecular formula is C20H19N3O3. The van der Waals surface area contributed by atoms with Crippen LogP contribution in [0.1, 0.15) is 51.6 Å². The lowest BCUT2D eigenvalue weighted by Crippen LogP contribution is -2.36. The Morgan fingerprint density at radius 3 is 2.92 bits per heavy atom. The van der Waals surface area contributed by atoms with E-state index in [9.17, 15) is 9.59 Å². The van der Waals surface area contributed by atoms with E-state index in [1.807, 2.05) is 30.3 Å². The maximum atomic E-state index is 12.9. The van der Waals surface area contributed by atoms with E-state index < -0.39 is 0 Å². The summed E-state index contributed by atoms with van der Waals surface area (Å²) in [5.74, 6) is 1.22. The highest BCUT2D eigenvalue weighted by atomic mass is 16.5. The van der Waals surface area contributed by atoms with Gasteiger partial charge in [-0.1, -0.05) is 23.4 Å². The average molecular weight is 349 g/mol. The van der Waals surface area contributed by atoms with E-state index >= 15 is 0 Å². The first-order valence-electron chi connectivity index (χ1n) is 9.06. The third-order valence-electron chi connectivity index (χ3n) is 5.31. The third kappa shape index (κ3) is 2.62. The van der Waals surface area contributed by atoms with Crippen molar-refractivity contribution in [2.45, 2.75) is 32.2 Å². The normalized spacial score (nSPS) is 16.7. The smallest absolute Gasteiger partial charge is 0.270 e. The van der Waals surface area contributed by atoms with Gasteiger partial charge in [0.25, 0.3) is 5.91 Å². The Morgan fingerprint density at radius 1 is 1.27 bits per heavy atom. The summed E-state index contributed by atoms with van der Waals surface area (Å²) in [6.07, 6.45) is 3.37. The molecule has 3 aromatic rings. The van der Waals surface area contributed by atoms with Crippen LogP contribution in [0.25, 0.3) is 10.9 Å². The topological polar surface area (TPSA) is 79.2 Å². The molecule has 0 saturated heterocycles. The second kappa shape index (κ2) is 5.83. The molecular weight excluding hydrogens is 330 g/mol. The SMILES string of the molecule is O=C(CC1CC1)c1noc2c1CN(C(=O)c1cc3ccccc3[nH]1)CC2. The number of Topliss-reactive ketones (excluding diaryl/α,β-unsaturated/α-hetero) is 1. The number of hydrogen-bond donors (Lipinski definition) is 1. The zero-order valence-electron chi connectivity index (χ0n) is 14.3. The number of hydrogen-bond acceptors (Lipinski definition) is 4. The molecule has 0 atom stereocenters. The summed E-state index contributed by atoms with van der Waals surface area (Å²) in [6.45, 7) is 0.936. The van der Waals surface area contributed by atoms with E-state index in [-0.39, 0.29) is 11.7 Å². The number of fused-ring (bicyclic) bond motifs is 2. The average Bonchev–Trinajstić information content (AvgIpc) is 3.21. The number of carbonyl (C=O) groups is 2. The zero-order valence-corrected chi connectivity index (χ0v) is 14.3. The molecule has 0 radical (unpaired) electrons. The monoisotopic (exact) mass is 349 g/mol. The highest BCUT2D eigenvalue weighted by Crippen LogP contribution is 2.34. The Kier molecular flexibility index (Phi) is 3.45. The molecule has 1 saturated carbocycles. The van der Waals surface area contributed by atoms with Gasteiger partial charge in [0.2, 0.25) is 0 Å². The van der Waals surface area contributed by atoms with E-state index in [1.54, 1.807) is 4.90 Å². The molecule has 0 spiro atoms. The summed E-state index contributed by atoms with van der Waals surface area (Å²) in [5, 5.41) is 5.02. The molecule has 1 N–H and O–H groups in total. The van der Waals surface area contributed by atoms with Gasteiger partial charge in [-0.25, -0.2) is 0 Å². The van der Waals surface area contributed by atoms with Gasteiger partial charge in [-0.3, -0.25) is 9.59 Å². The van der Waals surface area contributed by atoms with Crippen LogP contribution in [-0.2, 0) is 13.0 Å². The van der Waals surface area contributed by atoms with Crippen LogP contribution >= 0.6 is 0 Å². The molecule has 1 amide bonds. The molecule has 2 aliphatic rings. The largest absolute Gasteiger partial charge is 0.360 e. The van der Waals surface area contributed by atoms with Gasteiger partial charge in [0.05, 0.1) is 6.54 Å². The minimum absolute atomic E-state index is 0.0393. The second-order valence-corrected chi connectivity index (χ2v) is 7.25. The van der Waals surface area contributed by atoms with Crippen LogP contribution in [0.2, 0.25) is 0 Å². The summed E-state index contributed by atoms with van der Waals surface area (Å²) in [6, 6.07) is 9.70. The Balaban J connectivity index is 1.39. The molecule has 3 heterocycles. The third-order valence-corrected chi connectivity index (χ3v) is 5.31. The number of rotatable bonds is 4. The van der Waals surface area contributed by atoms with Crippen LogP contribution in [0.15, 0.2) is 34.9 Å². The van der Waals surface area contributed by atoms with Crippen LogP contribution in [0, 0.1) is 5.92 Å². The first kappa shape index (κ1) is 15.4. The summed E-state index contributed by atoms with van der Waals surface area (Å²) in [5.41, 5.74) is 2.71. The Morgan fingerprint density at radius 2 is 2.12 bits per heavy atom. The van der Waals surface area contributed by atoms with Gasteiger partial charge in [0.1, 0.15) is 11.5 Å². The Labute approximate surface area is 150 Å². The molecule has 1 fully saturated rings. The number of amides is 1. The van der Waals surface area contributed by atoms with Crippen molar-refractivity contribution in [3.63, 3.8) is 0 Å². The lowest BCUT2D eigenvalue weighted by Gasteiger charge is -2.25. The molecule has 6 nitrogen and oxygen atoms in total. The van der Waals surface area contributed by atoms with E-state index in [4.69, 9.17) is 4.52 Å². The fourth-order valence-electron chi connectivity index (χ4n) is 3.64. The number of ketones is 1. The van der Waals surface area contributed by atoms with Crippen LogP contribution in [0.5, 0.6) is 0 Å². The van der Waals surface area contributed by atoms with Crippen LogP contribution < -0.4 is 0 Å². The number of aromatic amines is 1. The summed E-state index contributed by atoms with van der Waals surface area (Å²) in [4.78, 5) is 30.3. The number of para-hydroxylation sites is 1. The van der Waals surface area contributed by atoms with Crippen LogP contribution in [-0.4, -0.2) is 33.3 Å². The van der Waals surface area contributed by atoms with Crippen LogP contribution in [0.4, 0.5) is 0 Å². The number of nitrogens with zero attached hydrogens (tertiary/aromatic N) is 2. The highest BCUT2D eigenvalue weighted by Gasteiger charge is 2.33. The van der Waals surface area contributed by atoms with Gasteiger partial charge in [-0.15, -0.1) is 0 Å². The minimum Gasteiger partial charge on any atom is -0.360 e. The maximum Gasteiger partial charge on any atom is 0.270 e. The number of carbonyl (C=O) groups excluding carboxylic acids is 2. The summed E-state index contributed by atoms with van der Waals surface area (Å²) in [7, 11) is 0. The predicted molar refractivity (Wildman–Crippen MR) is 94.9 cm³/mol. The van der Waals surface area contributed by atoms with Crippen molar-refractivity contribution in [1.29, 1.82) is 0 Å². The summed E-state index contributed by atoms with van der Waals surface area (Å²) < 4.78 is 5.38. The van der Waals surface area contributed by atoms with E-state index in [0.29, 0.717) is 43.2 Å². The number of H-pyrrole nitrogens is 1. The fraction of sp³-hybridized carbons (Fsp3) is 0.350. The number of benzene rings is 1. The number of aromatic nitrogens is 2. The predicted octanol–water partition coefficient (Wildman–Crippen LogP) is 3.34. The summed E-state index contributed by atoms with van der Waals surface area (Å²) >= 11 is 0. The van der Waals surface area contributed by atoms with Gasteiger partial charge in [-0.2, -0.15) is 0 Å². The quantitative estimate of drug-likeness (QED) is 0.733. The van der Waals surface area contributed by atoms with Gasteiger partial charge in [0.15, 0.2) is 11.5 Å². The molecule has 132 valence electrons. The molecule has 0 unspecified atom stereocenters. The second-order valence-electron chi connectivity index (χ2n) is 7.25. The first-order valence-corrected chi connectivity index (χ1v) is 9.06. The molecule has 6 heteroatoms. The maximum absolute atomic E-state index is 12.9. The highest BCUT2D eigenvalue weighted by molar-refractivity contribution is 5.99. The Hall–Kier alpha value is -2.89. The van der Waals surface area contributed by atoms with E-state index in [2.05, 4.69) is 10.1 Å². The van der Waals surface area contributed by atoms with Gasteiger partial charge in [0, 0.05) is 35.9 Å². The fourth-order valence-corrected chi connectivity index (χ4v) is 3.64. The van der Waals surface area contributed by atoms with Crippen molar-refractivity contribution in [2.24, 2.45) is 5.92 Å². The van der Waals surface area contributed by atoms with Crippen molar-refractivity contribution in [3.8, 4) is 0 Å². The molecule has 1 aromatic carbocycles. The van der Waals surface area contributed by atoms with Crippen LogP contribution in [0.3, 0.4) is 0 Å². The molecule has 2 aromatic heterocycles. The van der Waals surface area contributed by atoms with Gasteiger partial charge in [-0.05, 0) is 30.9 Å². The van der Waals surface area contributed by atoms with Crippen molar-refractivity contribution >= 4 is 22.6 Å². The lowest BCUT2D eigenvalue weighted by molar-refractivity contribution is 0.0722. The molecule has 5 rings (SSSR count). The molecule has 0 bridgehead atoms. The van der Waals surface area contributed by atoms with Gasteiger partial charge < -0.3 is 14.4 Å². The number of nitrogens with one attached hydrogen (secondary N) is 1. The molecule has 1 aliphatic heterocycles.